The van der Waals surface area contributed by atoms with Gasteiger partial charge in [-0.15, -0.1) is 0 Å². The summed E-state index contributed by atoms with van der Waals surface area (Å²) in [4.78, 5) is 8.92. The number of halogens is 2. The number of aromatic nitrogens is 2. The van der Waals surface area contributed by atoms with Crippen LogP contribution in [0.2, 0.25) is 10.2 Å². The van der Waals surface area contributed by atoms with E-state index in [0.29, 0.717) is 21.7 Å². The average molecular weight is 313 g/mol. The first-order valence-corrected chi connectivity index (χ1v) is 7.57. The molecule has 1 aliphatic rings. The molecular formula is C13H10Cl2N2OS. The number of fused-ring (bicyclic) bond motifs is 1. The van der Waals surface area contributed by atoms with Gasteiger partial charge in [-0.1, -0.05) is 23.2 Å². The lowest BCUT2D eigenvalue weighted by atomic mass is 10.2. The number of nitrogens with zero attached hydrogens (tertiary/aromatic N) is 2. The van der Waals surface area contributed by atoms with Crippen LogP contribution in [-0.2, 0) is 11.5 Å². The zero-order valence-electron chi connectivity index (χ0n) is 10.1. The smallest absolute Gasteiger partial charge is 0.161 e. The predicted molar refractivity (Wildman–Crippen MR) is 79.0 cm³/mol. The lowest BCUT2D eigenvalue weighted by Crippen LogP contribution is -1.97. The predicted octanol–water partition coefficient (Wildman–Crippen LogP) is 4.21. The molecule has 19 heavy (non-hydrogen) atoms. The number of hydrogen-bond donors (Lipinski definition) is 0. The van der Waals surface area contributed by atoms with E-state index >= 15 is 0 Å². The summed E-state index contributed by atoms with van der Waals surface area (Å²) in [5, 5.41) is 1.08. The van der Waals surface area contributed by atoms with Crippen molar-refractivity contribution in [1.29, 1.82) is 0 Å². The van der Waals surface area contributed by atoms with Crippen LogP contribution < -0.4 is 4.74 Å². The zero-order valence-corrected chi connectivity index (χ0v) is 12.4. The molecule has 0 saturated carbocycles. The molecule has 0 spiro atoms. The molecular weight excluding hydrogens is 303 g/mol. The van der Waals surface area contributed by atoms with Crippen molar-refractivity contribution in [3.05, 3.63) is 39.6 Å². The van der Waals surface area contributed by atoms with Crippen LogP contribution in [0.25, 0.3) is 11.4 Å². The van der Waals surface area contributed by atoms with Crippen molar-refractivity contribution >= 4 is 35.0 Å². The highest BCUT2D eigenvalue weighted by Crippen LogP contribution is 2.35. The Bertz CT molecular complexity index is 649. The molecule has 3 rings (SSSR count). The van der Waals surface area contributed by atoms with E-state index in [1.54, 1.807) is 31.0 Å². The summed E-state index contributed by atoms with van der Waals surface area (Å²) in [5.41, 5.74) is 2.91. The van der Waals surface area contributed by atoms with Crippen molar-refractivity contribution in [3.63, 3.8) is 0 Å². The van der Waals surface area contributed by atoms with Crippen LogP contribution in [0.15, 0.2) is 18.2 Å². The number of benzene rings is 1. The minimum atomic E-state index is 0.537. The molecule has 2 aromatic rings. The fourth-order valence-electron chi connectivity index (χ4n) is 1.95. The van der Waals surface area contributed by atoms with E-state index in [2.05, 4.69) is 9.97 Å². The molecule has 0 fully saturated rings. The van der Waals surface area contributed by atoms with Gasteiger partial charge >= 0.3 is 0 Å². The highest BCUT2D eigenvalue weighted by Gasteiger charge is 2.19. The molecule has 0 unspecified atom stereocenters. The van der Waals surface area contributed by atoms with E-state index < -0.39 is 0 Å². The third-order valence-electron chi connectivity index (χ3n) is 2.94. The largest absolute Gasteiger partial charge is 0.495 e. The third kappa shape index (κ3) is 2.40. The Balaban J connectivity index is 2.07. The van der Waals surface area contributed by atoms with Gasteiger partial charge in [0.25, 0.3) is 0 Å². The van der Waals surface area contributed by atoms with E-state index in [4.69, 9.17) is 27.9 Å². The molecule has 0 saturated heterocycles. The Kier molecular flexibility index (Phi) is 3.56. The quantitative estimate of drug-likeness (QED) is 0.778. The van der Waals surface area contributed by atoms with Gasteiger partial charge in [-0.05, 0) is 18.2 Å². The van der Waals surface area contributed by atoms with E-state index in [1.807, 2.05) is 6.07 Å². The molecule has 98 valence electrons. The Morgan fingerprint density at radius 3 is 2.79 bits per heavy atom. The fraction of sp³-hybridized carbons (Fsp3) is 0.231. The van der Waals surface area contributed by atoms with Crippen LogP contribution in [0.4, 0.5) is 0 Å². The van der Waals surface area contributed by atoms with Crippen LogP contribution in [-0.4, -0.2) is 17.1 Å². The minimum absolute atomic E-state index is 0.537. The van der Waals surface area contributed by atoms with Gasteiger partial charge in [0.2, 0.25) is 0 Å². The monoisotopic (exact) mass is 312 g/mol. The molecule has 0 radical (unpaired) electrons. The van der Waals surface area contributed by atoms with E-state index in [1.165, 1.54) is 0 Å². The Hall–Kier alpha value is -0.970. The molecule has 1 aromatic heterocycles. The number of hydrogen-bond acceptors (Lipinski definition) is 4. The van der Waals surface area contributed by atoms with Crippen molar-refractivity contribution in [2.75, 3.05) is 7.11 Å². The van der Waals surface area contributed by atoms with Crippen LogP contribution in [0, 0.1) is 0 Å². The van der Waals surface area contributed by atoms with Crippen molar-refractivity contribution < 1.29 is 4.74 Å². The zero-order chi connectivity index (χ0) is 13.4. The molecule has 0 amide bonds. The second-order valence-electron chi connectivity index (χ2n) is 4.11. The standard InChI is InChI=1S/C13H10Cl2N2OS/c1-18-11-3-2-7(4-9(11)14)13-16-10-6-19-5-8(10)12(15)17-13/h2-4H,5-6H2,1H3. The van der Waals surface area contributed by atoms with Crippen molar-refractivity contribution in [3.8, 4) is 17.1 Å². The molecule has 0 N–H and O–H groups in total. The topological polar surface area (TPSA) is 35.0 Å². The summed E-state index contributed by atoms with van der Waals surface area (Å²) >= 11 is 14.1. The molecule has 1 aromatic carbocycles. The number of ether oxygens (including phenoxy) is 1. The van der Waals surface area contributed by atoms with Gasteiger partial charge < -0.3 is 4.74 Å². The second-order valence-corrected chi connectivity index (χ2v) is 5.86. The van der Waals surface area contributed by atoms with Gasteiger partial charge in [-0.25, -0.2) is 9.97 Å². The van der Waals surface area contributed by atoms with Crippen molar-refractivity contribution in [1.82, 2.24) is 9.97 Å². The molecule has 0 bridgehead atoms. The second kappa shape index (κ2) is 5.19. The summed E-state index contributed by atoms with van der Waals surface area (Å²) in [5.74, 6) is 3.01. The summed E-state index contributed by atoms with van der Waals surface area (Å²) in [6.07, 6.45) is 0. The molecule has 3 nitrogen and oxygen atoms in total. The SMILES string of the molecule is COc1ccc(-c2nc(Cl)c3c(n2)CSC3)cc1Cl. The molecule has 1 aliphatic heterocycles. The Morgan fingerprint density at radius 2 is 2.05 bits per heavy atom. The molecule has 0 atom stereocenters. The average Bonchev–Trinajstić information content (AvgIpc) is 2.87. The van der Waals surface area contributed by atoms with Crippen LogP contribution in [0.5, 0.6) is 5.75 Å². The molecule has 0 aliphatic carbocycles. The van der Waals surface area contributed by atoms with Crippen molar-refractivity contribution in [2.24, 2.45) is 0 Å². The van der Waals surface area contributed by atoms with Gasteiger partial charge in [0.05, 0.1) is 17.8 Å². The van der Waals surface area contributed by atoms with Gasteiger partial charge in [-0.3, -0.25) is 0 Å². The normalized spacial score (nSPS) is 13.4. The summed E-state index contributed by atoms with van der Waals surface area (Å²) in [6.45, 7) is 0. The minimum Gasteiger partial charge on any atom is -0.495 e. The van der Waals surface area contributed by atoms with Crippen LogP contribution >= 0.6 is 35.0 Å². The summed E-state index contributed by atoms with van der Waals surface area (Å²) in [7, 11) is 1.58. The third-order valence-corrected chi connectivity index (χ3v) is 4.52. The summed E-state index contributed by atoms with van der Waals surface area (Å²) < 4.78 is 5.13. The Morgan fingerprint density at radius 1 is 1.21 bits per heavy atom. The van der Waals surface area contributed by atoms with Crippen LogP contribution in [0.3, 0.4) is 0 Å². The van der Waals surface area contributed by atoms with E-state index in [9.17, 15) is 0 Å². The maximum Gasteiger partial charge on any atom is 0.161 e. The number of rotatable bonds is 2. The first kappa shape index (κ1) is 13.0. The van der Waals surface area contributed by atoms with Gasteiger partial charge in [0.15, 0.2) is 5.82 Å². The maximum absolute atomic E-state index is 6.20. The highest BCUT2D eigenvalue weighted by molar-refractivity contribution is 7.98. The highest BCUT2D eigenvalue weighted by atomic mass is 35.5. The lowest BCUT2D eigenvalue weighted by Gasteiger charge is -2.07. The van der Waals surface area contributed by atoms with Gasteiger partial charge in [0.1, 0.15) is 10.9 Å². The maximum atomic E-state index is 6.20. The first-order valence-electron chi connectivity index (χ1n) is 5.66. The fourth-order valence-corrected chi connectivity index (χ4v) is 3.58. The summed E-state index contributed by atoms with van der Waals surface area (Å²) in [6, 6.07) is 5.47. The lowest BCUT2D eigenvalue weighted by molar-refractivity contribution is 0.415. The van der Waals surface area contributed by atoms with Gasteiger partial charge in [0, 0.05) is 22.6 Å². The van der Waals surface area contributed by atoms with Crippen LogP contribution in [0.1, 0.15) is 11.3 Å². The molecule has 2 heterocycles. The Labute approximate surface area is 125 Å². The molecule has 6 heteroatoms. The van der Waals surface area contributed by atoms with Gasteiger partial charge in [-0.2, -0.15) is 11.8 Å². The number of methoxy groups -OCH3 is 1. The van der Waals surface area contributed by atoms with E-state index in [0.717, 1.165) is 28.3 Å². The van der Waals surface area contributed by atoms with E-state index in [-0.39, 0.29) is 0 Å². The number of thioether (sulfide) groups is 1. The first-order chi connectivity index (χ1) is 9.19. The van der Waals surface area contributed by atoms with Crippen molar-refractivity contribution in [2.45, 2.75) is 11.5 Å².